The summed E-state index contributed by atoms with van der Waals surface area (Å²) in [5.74, 6) is 0. The van der Waals surface area contributed by atoms with Crippen molar-refractivity contribution in [2.45, 2.75) is 404 Å². The minimum atomic E-state index is -2.54. The molecule has 0 rings (SSSR count). The second-order valence-electron chi connectivity index (χ2n) is 30.6. The maximum Gasteiger partial charge on any atom is 0.321 e. The summed E-state index contributed by atoms with van der Waals surface area (Å²) in [4.78, 5) is 0. The monoisotopic (exact) mass is 1440 g/mol. The zero-order valence-electron chi connectivity index (χ0n) is 63.4. The zero-order chi connectivity index (χ0) is 67.2. The van der Waals surface area contributed by atoms with E-state index in [1.54, 1.807) is 0 Å². The molecule has 0 aromatic heterocycles. The van der Waals surface area contributed by atoms with E-state index in [1.807, 2.05) is 0 Å². The van der Waals surface area contributed by atoms with Crippen LogP contribution in [0.5, 0.6) is 0 Å². The van der Waals surface area contributed by atoms with Gasteiger partial charge in [0.25, 0.3) is 0 Å². The van der Waals surface area contributed by atoms with Crippen LogP contribution in [0.3, 0.4) is 0 Å². The van der Waals surface area contributed by atoms with Crippen molar-refractivity contribution in [2.24, 2.45) is 0 Å². The minimum Gasteiger partial charge on any atom is -0.456 e. The summed E-state index contributed by atoms with van der Waals surface area (Å²) >= 11 is 0. The van der Waals surface area contributed by atoms with Gasteiger partial charge in [0.1, 0.15) is 25.6 Å². The third-order valence-electron chi connectivity index (χ3n) is 18.5. The van der Waals surface area contributed by atoms with Crippen molar-refractivity contribution < 1.29 is 48.8 Å². The summed E-state index contributed by atoms with van der Waals surface area (Å²) in [6.45, 7) is 40.5. The molecule has 542 valence electrons. The van der Waals surface area contributed by atoms with Gasteiger partial charge < -0.3 is 48.8 Å². The highest BCUT2D eigenvalue weighted by atomic mass is 28.5. The molecule has 2 N–H and O–H groups in total. The van der Waals surface area contributed by atoms with Gasteiger partial charge in [-0.1, -0.05) is 246 Å². The molecule has 0 aromatic rings. The predicted octanol–water partition coefficient (Wildman–Crippen LogP) is 21.0. The first-order valence-electron chi connectivity index (χ1n) is 39.0. The number of aliphatic hydroxyl groups excluding tert-OH is 2. The van der Waals surface area contributed by atoms with Gasteiger partial charge in [0.05, 0.1) is 13.2 Å². The van der Waals surface area contributed by atoms with E-state index in [4.69, 9.17) is 38.6 Å². The van der Waals surface area contributed by atoms with Crippen molar-refractivity contribution in [1.82, 2.24) is 0 Å². The van der Waals surface area contributed by atoms with Crippen molar-refractivity contribution in [3.63, 3.8) is 0 Å². The van der Waals surface area contributed by atoms with Crippen molar-refractivity contribution in [2.75, 3.05) is 39.6 Å². The Morgan fingerprint density at radius 2 is 0.733 bits per heavy atom. The summed E-state index contributed by atoms with van der Waals surface area (Å²) < 4.78 is 61.9. The van der Waals surface area contributed by atoms with Crippen LogP contribution in [-0.4, -0.2) is 143 Å². The first-order chi connectivity index (χ1) is 42.9. The van der Waals surface area contributed by atoms with Crippen LogP contribution in [0.15, 0.2) is 0 Å². The molecule has 0 bridgehead atoms. The molecule has 0 heterocycles. The quantitative estimate of drug-likeness (QED) is 0.0447. The number of ether oxygens (including phenoxy) is 1. The molecule has 0 aliphatic rings. The Morgan fingerprint density at radius 1 is 0.367 bits per heavy atom. The molecule has 0 aliphatic carbocycles. The van der Waals surface area contributed by atoms with Crippen LogP contribution < -0.4 is 0 Å². The Kier molecular flexibility index (Phi) is 58.6. The second kappa shape index (κ2) is 57.5. The SMILES string of the molecule is CCCCCCCCCCCC[SiH](CCCCO[Si](C)(CCCCO[Si](C)(CCCCO[Si](C)(C)O[SiH2]C)CC[Si](C)(C)O[Si](C)(C)C)CCCOCC(O)CO)O[Si](C)(CCCCCCCCCCCC)O[Si](C)(CCCCCCCCCCCC)O[SiH2]C. The van der Waals surface area contributed by atoms with E-state index in [9.17, 15) is 10.2 Å². The van der Waals surface area contributed by atoms with Crippen LogP contribution >= 0.6 is 0 Å². The van der Waals surface area contributed by atoms with Crippen LogP contribution in [-0.2, 0) is 38.6 Å². The predicted molar refractivity (Wildman–Crippen MR) is 419 cm³/mol. The third-order valence-corrected chi connectivity index (χ3v) is 52.3. The molecule has 6 atom stereocenters. The lowest BCUT2D eigenvalue weighted by Crippen LogP contribution is -2.54. The van der Waals surface area contributed by atoms with E-state index in [1.165, 1.54) is 217 Å². The number of rotatable bonds is 71. The summed E-state index contributed by atoms with van der Waals surface area (Å²) in [5.41, 5.74) is 0. The smallest absolute Gasteiger partial charge is 0.321 e. The van der Waals surface area contributed by atoms with E-state index < -0.39 is 93.6 Å². The van der Waals surface area contributed by atoms with Gasteiger partial charge in [0.2, 0.25) is 0 Å². The molecule has 0 spiro atoms. The molecule has 0 radical (unpaired) electrons. The van der Waals surface area contributed by atoms with Gasteiger partial charge in [0.15, 0.2) is 42.3 Å². The van der Waals surface area contributed by atoms with Crippen LogP contribution in [0.2, 0.25) is 140 Å². The molecule has 0 fully saturated rings. The molecule has 90 heavy (non-hydrogen) atoms. The lowest BCUT2D eigenvalue weighted by molar-refractivity contribution is 0.00631. The number of unbranched alkanes of at least 4 members (excludes halogenated alkanes) is 30. The lowest BCUT2D eigenvalue weighted by Gasteiger charge is -2.40. The molecular weight excluding hydrogens is 1290 g/mol. The maximum atomic E-state index is 10.00. The zero-order valence-corrected chi connectivity index (χ0v) is 74.4. The molecule has 0 saturated carbocycles. The van der Waals surface area contributed by atoms with Gasteiger partial charge in [-0.05, 0) is 152 Å². The van der Waals surface area contributed by atoms with Crippen molar-refractivity contribution in [3.05, 3.63) is 0 Å². The number of hydrogen-bond donors (Lipinski definition) is 2. The molecule has 0 aromatic carbocycles. The van der Waals surface area contributed by atoms with Crippen LogP contribution in [0.25, 0.3) is 0 Å². The largest absolute Gasteiger partial charge is 0.456 e. The standard InChI is InChI=1S/C69H160O11Si10/c1-17-20-23-26-29-32-35-38-41-47-58-83(78-90(16,64-50-43-40-37-34-31-28-25-22-19-3)80-89(15,77-82-5)63-49-42-39-36-33-30-27-24-21-18-2)59-48-44-56-74-87(13,62-53-54-72-68-69(71)67-70)60-52-46-57-75-88(14,66-65-85(9,10)79-84(6,7)8)61-51-45-55-73-86(11,12)76-81-4/h69-71,83H,17-68,81-82H2,1-16H3. The van der Waals surface area contributed by atoms with E-state index in [0.29, 0.717) is 6.61 Å². The average molecular weight is 1450 g/mol. The van der Waals surface area contributed by atoms with Crippen molar-refractivity contribution in [1.29, 1.82) is 0 Å². The highest BCUT2D eigenvalue weighted by Gasteiger charge is 2.44. The number of hydrogen-bond acceptors (Lipinski definition) is 11. The molecule has 11 nitrogen and oxygen atoms in total. The lowest BCUT2D eigenvalue weighted by atomic mass is 10.1. The Hall–Kier alpha value is 1.73. The van der Waals surface area contributed by atoms with Gasteiger partial charge in [-0.15, -0.1) is 0 Å². The van der Waals surface area contributed by atoms with Gasteiger partial charge in [-0.2, -0.15) is 0 Å². The highest BCUT2D eigenvalue weighted by molar-refractivity contribution is 6.86. The fraction of sp³-hybridized carbons (Fsp3) is 1.00. The number of aliphatic hydroxyl groups is 2. The van der Waals surface area contributed by atoms with Gasteiger partial charge in [-0.3, -0.25) is 0 Å². The van der Waals surface area contributed by atoms with E-state index in [0.717, 1.165) is 95.0 Å². The molecule has 0 amide bonds. The molecule has 6 unspecified atom stereocenters. The summed E-state index contributed by atoms with van der Waals surface area (Å²) in [5, 5.41) is 19.4. The van der Waals surface area contributed by atoms with Crippen molar-refractivity contribution in [3.8, 4) is 0 Å². The summed E-state index contributed by atoms with van der Waals surface area (Å²) in [6, 6.07) is 10.3. The Labute approximate surface area is 576 Å². The van der Waals surface area contributed by atoms with Crippen LogP contribution in [0.1, 0.15) is 258 Å². The normalized spacial score (nSPS) is 16.3. The Morgan fingerprint density at radius 3 is 1.17 bits per heavy atom. The molecule has 21 heteroatoms. The maximum absolute atomic E-state index is 10.00. The Balaban J connectivity index is 6.36. The van der Waals surface area contributed by atoms with E-state index in [-0.39, 0.29) is 13.2 Å². The van der Waals surface area contributed by atoms with Gasteiger partial charge in [-0.25, -0.2) is 0 Å². The fourth-order valence-electron chi connectivity index (χ4n) is 13.2. The third kappa shape index (κ3) is 56.6. The molecule has 0 saturated heterocycles. The highest BCUT2D eigenvalue weighted by Crippen LogP contribution is 2.33. The summed E-state index contributed by atoms with van der Waals surface area (Å²) in [7, 11) is -17.2. The Bertz CT molecular complexity index is 1580. The van der Waals surface area contributed by atoms with E-state index >= 15 is 0 Å². The first kappa shape index (κ1) is 91.7. The molecular formula is C69H160O11Si10. The van der Waals surface area contributed by atoms with Gasteiger partial charge in [0, 0.05) is 26.4 Å². The topological polar surface area (TPSA) is 124 Å². The summed E-state index contributed by atoms with van der Waals surface area (Å²) in [6.07, 6.45) is 47.4. The first-order valence-corrected chi connectivity index (χ1v) is 65.1. The minimum absolute atomic E-state index is 0.174. The molecule has 0 aliphatic heterocycles. The van der Waals surface area contributed by atoms with E-state index in [2.05, 4.69) is 106 Å². The average Bonchev–Trinajstić information content (AvgIpc) is 1.32. The van der Waals surface area contributed by atoms with Crippen LogP contribution in [0.4, 0.5) is 0 Å². The van der Waals surface area contributed by atoms with Crippen molar-refractivity contribution >= 4 is 87.5 Å². The van der Waals surface area contributed by atoms with Crippen LogP contribution in [0, 0.1) is 0 Å². The van der Waals surface area contributed by atoms with Gasteiger partial charge >= 0.3 is 25.7 Å². The fourth-order valence-corrected chi connectivity index (χ4v) is 50.4. The second-order valence-corrected chi connectivity index (χ2v) is 64.2.